The molecule has 0 saturated heterocycles. The number of allylic oxidation sites excluding steroid dienone is 1. The Morgan fingerprint density at radius 2 is 1.25 bits per heavy atom. The first-order valence-electron chi connectivity index (χ1n) is 16.2. The molecule has 0 aliphatic carbocycles. The van der Waals surface area contributed by atoms with E-state index in [9.17, 15) is 31.1 Å². The van der Waals surface area contributed by atoms with E-state index in [1.165, 1.54) is 6.07 Å². The number of carbonyl (C=O) groups is 1. The number of para-hydroxylation sites is 2. The van der Waals surface area contributed by atoms with Crippen molar-refractivity contribution in [2.45, 2.75) is 101 Å². The third kappa shape index (κ3) is 15.6. The van der Waals surface area contributed by atoms with Crippen molar-refractivity contribution in [3.63, 3.8) is 0 Å². The molecule has 0 aliphatic heterocycles. The Hall–Kier alpha value is -3.46. The molecule has 0 amide bonds. The summed E-state index contributed by atoms with van der Waals surface area (Å²) < 4.78 is 83.5. The number of hydrogen-bond donors (Lipinski definition) is 2. The van der Waals surface area contributed by atoms with Crippen LogP contribution in [0.15, 0.2) is 60.7 Å². The summed E-state index contributed by atoms with van der Waals surface area (Å²) in [4.78, 5) is 11.6. The summed E-state index contributed by atoms with van der Waals surface area (Å²) in [5.74, 6) is -7.83. The van der Waals surface area contributed by atoms with E-state index in [2.05, 4.69) is 10.6 Å². The highest BCUT2D eigenvalue weighted by molar-refractivity contribution is 6.31. The predicted molar refractivity (Wildman–Crippen MR) is 196 cm³/mol. The third-order valence-corrected chi connectivity index (χ3v) is 6.66. The van der Waals surface area contributed by atoms with E-state index in [-0.39, 0.29) is 16.1 Å². The highest BCUT2D eigenvalue weighted by Gasteiger charge is 2.40. The van der Waals surface area contributed by atoms with E-state index >= 15 is 0 Å². The molecule has 0 bridgehead atoms. The van der Waals surface area contributed by atoms with Crippen LogP contribution in [0.2, 0.25) is 5.02 Å². The van der Waals surface area contributed by atoms with Crippen molar-refractivity contribution in [1.82, 2.24) is 0 Å². The molecule has 48 heavy (non-hydrogen) atoms. The second kappa shape index (κ2) is 24.6. The molecule has 0 aliphatic rings. The van der Waals surface area contributed by atoms with Crippen LogP contribution in [0.3, 0.4) is 0 Å². The molecule has 0 aromatic heterocycles. The fourth-order valence-corrected chi connectivity index (χ4v) is 4.20. The lowest BCUT2D eigenvalue weighted by Crippen LogP contribution is -2.19. The molecule has 0 fully saturated rings. The van der Waals surface area contributed by atoms with Crippen LogP contribution >= 0.6 is 11.6 Å². The van der Waals surface area contributed by atoms with Crippen molar-refractivity contribution >= 4 is 34.6 Å². The monoisotopic (exact) mass is 704 g/mol. The van der Waals surface area contributed by atoms with E-state index in [1.807, 2.05) is 93.8 Å². The lowest BCUT2D eigenvalue weighted by Gasteiger charge is -2.20. The molecule has 0 radical (unpaired) electrons. The fourth-order valence-electron chi connectivity index (χ4n) is 3.93. The number of nitrogens with one attached hydrogen (secondary N) is 2. The Labute approximate surface area is 290 Å². The van der Waals surface area contributed by atoms with Gasteiger partial charge in [0, 0.05) is 42.7 Å². The molecule has 3 nitrogen and oxygen atoms in total. The van der Waals surface area contributed by atoms with Crippen LogP contribution in [0.5, 0.6) is 0 Å². The van der Waals surface area contributed by atoms with Crippen LogP contribution < -0.4 is 10.6 Å². The molecule has 10 heteroatoms. The lowest BCUT2D eigenvalue weighted by atomic mass is 9.92. The first-order chi connectivity index (χ1) is 22.5. The summed E-state index contributed by atoms with van der Waals surface area (Å²) in [7, 11) is 3.83. The molecular formula is C38H55ClF6N2O. The summed E-state index contributed by atoms with van der Waals surface area (Å²) >= 11 is 5.99. The smallest absolute Gasteiger partial charge is 0.386 e. The zero-order chi connectivity index (χ0) is 38.4. The molecule has 2 N–H and O–H groups in total. The second-order valence-electron chi connectivity index (χ2n) is 9.23. The maximum Gasteiger partial charge on any atom is 0.399 e. The molecule has 3 rings (SSSR count). The fraction of sp³-hybridized carbons (Fsp3) is 0.447. The molecule has 0 saturated carbocycles. The van der Waals surface area contributed by atoms with Crippen molar-refractivity contribution < 1.29 is 31.1 Å². The number of halogens is 7. The number of Topliss-reactive ketones (excluding diaryl/α,β-unsaturated/α-hetero) is 1. The van der Waals surface area contributed by atoms with Crippen LogP contribution in [0.25, 0.3) is 5.83 Å². The van der Waals surface area contributed by atoms with E-state index < -0.39 is 40.8 Å². The Morgan fingerprint density at radius 1 is 0.792 bits per heavy atom. The number of carbonyl (C=O) groups excluding carboxylic acids is 1. The van der Waals surface area contributed by atoms with Gasteiger partial charge >= 0.3 is 6.18 Å². The maximum atomic E-state index is 14.8. The summed E-state index contributed by atoms with van der Waals surface area (Å²) in [5.41, 5.74) is 1.52. The van der Waals surface area contributed by atoms with Gasteiger partial charge in [0.25, 0.3) is 5.92 Å². The van der Waals surface area contributed by atoms with E-state index in [4.69, 9.17) is 11.6 Å². The van der Waals surface area contributed by atoms with Gasteiger partial charge in [-0.05, 0) is 67.8 Å². The second-order valence-corrected chi connectivity index (χ2v) is 9.64. The maximum absolute atomic E-state index is 14.8. The van der Waals surface area contributed by atoms with Crippen molar-refractivity contribution in [3.8, 4) is 0 Å². The zero-order valence-electron chi connectivity index (χ0n) is 30.9. The molecule has 1 atom stereocenters. The Balaban J connectivity index is -0.000000933. The van der Waals surface area contributed by atoms with E-state index in [1.54, 1.807) is 13.8 Å². The molecule has 1 unspecified atom stereocenters. The van der Waals surface area contributed by atoms with Gasteiger partial charge in [0.1, 0.15) is 11.7 Å². The van der Waals surface area contributed by atoms with Crippen molar-refractivity contribution in [1.29, 1.82) is 0 Å². The minimum atomic E-state index is -4.85. The van der Waals surface area contributed by atoms with Crippen molar-refractivity contribution in [2.24, 2.45) is 0 Å². The minimum absolute atomic E-state index is 0.104. The van der Waals surface area contributed by atoms with Crippen molar-refractivity contribution in [3.05, 3.63) is 99.1 Å². The SMILES string of the molecule is CC.CC.CC.CC.CC(=O)c1ccc(/C(F)=C/C(c2cc(C)c(C)c(Cl)c2)C(F)(F)F)cc1C(C)(F)F.CNc1ccccc1NC. The predicted octanol–water partition coefficient (Wildman–Crippen LogP) is 13.8. The van der Waals surface area contributed by atoms with Crippen LogP contribution in [0.1, 0.15) is 113 Å². The number of hydrogen-bond acceptors (Lipinski definition) is 3. The quantitative estimate of drug-likeness (QED) is 0.190. The molecular weight excluding hydrogens is 650 g/mol. The average molecular weight is 705 g/mol. The number of anilines is 2. The Bertz CT molecular complexity index is 1340. The van der Waals surface area contributed by atoms with Crippen LogP contribution in [0.4, 0.5) is 37.7 Å². The summed E-state index contributed by atoms with van der Waals surface area (Å²) in [6.07, 6.45) is -4.53. The summed E-state index contributed by atoms with van der Waals surface area (Å²) in [5, 5.41) is 6.27. The van der Waals surface area contributed by atoms with Gasteiger partial charge in [-0.1, -0.05) is 97.3 Å². The molecule has 272 valence electrons. The van der Waals surface area contributed by atoms with Gasteiger partial charge in [0.15, 0.2) is 5.78 Å². The molecule has 3 aromatic rings. The van der Waals surface area contributed by atoms with Gasteiger partial charge in [0.05, 0.1) is 11.4 Å². The largest absolute Gasteiger partial charge is 0.399 e. The Kier molecular flexibility index (Phi) is 25.1. The zero-order valence-corrected chi connectivity index (χ0v) is 31.7. The first kappa shape index (κ1) is 48.9. The normalized spacial score (nSPS) is 11.1. The van der Waals surface area contributed by atoms with Gasteiger partial charge in [-0.15, -0.1) is 0 Å². The van der Waals surface area contributed by atoms with Gasteiger partial charge in [-0.25, -0.2) is 13.2 Å². The molecule has 3 aromatic carbocycles. The number of benzene rings is 3. The summed E-state index contributed by atoms with van der Waals surface area (Å²) in [6, 6.07) is 13.1. The number of rotatable bonds is 7. The van der Waals surface area contributed by atoms with Crippen LogP contribution in [-0.4, -0.2) is 26.1 Å². The first-order valence-corrected chi connectivity index (χ1v) is 16.6. The minimum Gasteiger partial charge on any atom is -0.386 e. The van der Waals surface area contributed by atoms with Gasteiger partial charge < -0.3 is 10.6 Å². The van der Waals surface area contributed by atoms with Gasteiger partial charge in [0.2, 0.25) is 0 Å². The highest BCUT2D eigenvalue weighted by atomic mass is 35.5. The van der Waals surface area contributed by atoms with Crippen LogP contribution in [-0.2, 0) is 5.92 Å². The van der Waals surface area contributed by atoms with Gasteiger partial charge in [-0.2, -0.15) is 13.2 Å². The van der Waals surface area contributed by atoms with Crippen LogP contribution in [0, 0.1) is 13.8 Å². The standard InChI is InChI=1S/C22H19ClF6O.C8H12N2.4C2H6/c1-11-7-15(9-19(23)12(11)2)17(22(27,28)29)10-20(24)14-5-6-16(13(3)30)18(8-14)21(4,25)26;1-9-7-5-3-4-6-8(7)10-2;4*1-2/h5-10,17H,1-4H3;3-6,9-10H,1-2H3;4*1-2H3/b20-10-;;;;;. The lowest BCUT2D eigenvalue weighted by molar-refractivity contribution is -0.139. The van der Waals surface area contributed by atoms with E-state index in [0.717, 1.165) is 36.5 Å². The highest BCUT2D eigenvalue weighted by Crippen LogP contribution is 2.41. The van der Waals surface area contributed by atoms with E-state index in [0.29, 0.717) is 30.2 Å². The van der Waals surface area contributed by atoms with Gasteiger partial charge in [-0.3, -0.25) is 4.79 Å². The number of alkyl halides is 5. The topological polar surface area (TPSA) is 41.1 Å². The van der Waals surface area contributed by atoms with Crippen molar-refractivity contribution in [2.75, 3.05) is 24.7 Å². The molecule has 0 spiro atoms. The molecule has 0 heterocycles. The third-order valence-electron chi connectivity index (χ3n) is 6.26. The summed E-state index contributed by atoms with van der Waals surface area (Å²) in [6.45, 7) is 20.8. The number of aryl methyl sites for hydroxylation is 1. The Morgan fingerprint density at radius 3 is 1.60 bits per heavy atom. The number of ketones is 1. The average Bonchev–Trinajstić information content (AvgIpc) is 3.08.